The van der Waals surface area contributed by atoms with Gasteiger partial charge in [-0.1, -0.05) is 0 Å². The number of anilines is 1. The Hall–Kier alpha value is -1.95. The van der Waals surface area contributed by atoms with Gasteiger partial charge >= 0.3 is 5.97 Å². The summed E-state index contributed by atoms with van der Waals surface area (Å²) in [6, 6.07) is 1.37. The lowest BCUT2D eigenvalue weighted by molar-refractivity contribution is -0.116. The molecule has 1 heterocycles. The van der Waals surface area contributed by atoms with Gasteiger partial charge in [0.05, 0.1) is 17.4 Å². The van der Waals surface area contributed by atoms with Crippen LogP contribution < -0.4 is 11.1 Å². The average molecular weight is 237 g/mol. The van der Waals surface area contributed by atoms with E-state index in [9.17, 15) is 9.59 Å². The Labute approximate surface area is 98.8 Å². The molecule has 0 unspecified atom stereocenters. The molecule has 0 spiro atoms. The number of nitrogens with zero attached hydrogens (tertiary/aromatic N) is 1. The number of carbonyl (C=O) groups is 2. The highest BCUT2D eigenvalue weighted by molar-refractivity contribution is 5.93. The maximum absolute atomic E-state index is 11.4. The number of unbranched alkanes of at least 4 members (excludes halogenated alkanes) is 1. The van der Waals surface area contributed by atoms with E-state index in [1.807, 2.05) is 0 Å². The summed E-state index contributed by atoms with van der Waals surface area (Å²) in [7, 11) is 0. The van der Waals surface area contributed by atoms with Crippen LogP contribution in [0.3, 0.4) is 0 Å². The summed E-state index contributed by atoms with van der Waals surface area (Å²) < 4.78 is 0. The van der Waals surface area contributed by atoms with Crippen molar-refractivity contribution in [2.24, 2.45) is 5.73 Å². The van der Waals surface area contributed by atoms with Gasteiger partial charge in [-0.05, 0) is 25.5 Å². The van der Waals surface area contributed by atoms with Crippen LogP contribution in [0.25, 0.3) is 0 Å². The van der Waals surface area contributed by atoms with Gasteiger partial charge in [-0.2, -0.15) is 0 Å². The van der Waals surface area contributed by atoms with E-state index >= 15 is 0 Å². The first-order valence-corrected chi connectivity index (χ1v) is 5.31. The van der Waals surface area contributed by atoms with Crippen LogP contribution in [0.4, 0.5) is 5.69 Å². The van der Waals surface area contributed by atoms with Crippen LogP contribution in [0.15, 0.2) is 18.5 Å². The van der Waals surface area contributed by atoms with Crippen LogP contribution in [0.5, 0.6) is 0 Å². The molecule has 0 aliphatic carbocycles. The zero-order chi connectivity index (χ0) is 12.7. The summed E-state index contributed by atoms with van der Waals surface area (Å²) in [6.07, 6.45) is 4.52. The number of nitrogens with one attached hydrogen (secondary N) is 1. The predicted octanol–water partition coefficient (Wildman–Crippen LogP) is 0.847. The molecule has 0 atom stereocenters. The second kappa shape index (κ2) is 6.59. The minimum absolute atomic E-state index is 0.0461. The molecule has 0 radical (unpaired) electrons. The lowest BCUT2D eigenvalue weighted by Crippen LogP contribution is -2.12. The summed E-state index contributed by atoms with van der Waals surface area (Å²) in [5, 5.41) is 11.3. The lowest BCUT2D eigenvalue weighted by Gasteiger charge is -2.05. The molecule has 6 heteroatoms. The maximum atomic E-state index is 11.4. The van der Waals surface area contributed by atoms with Gasteiger partial charge < -0.3 is 16.2 Å². The zero-order valence-electron chi connectivity index (χ0n) is 9.35. The van der Waals surface area contributed by atoms with Crippen molar-refractivity contribution in [3.8, 4) is 0 Å². The van der Waals surface area contributed by atoms with E-state index in [2.05, 4.69) is 10.3 Å². The summed E-state index contributed by atoms with van der Waals surface area (Å²) in [5.41, 5.74) is 5.75. The average Bonchev–Trinajstić information content (AvgIpc) is 2.29. The van der Waals surface area contributed by atoms with E-state index in [1.54, 1.807) is 0 Å². The van der Waals surface area contributed by atoms with Crippen LogP contribution in [-0.2, 0) is 4.79 Å². The number of hydrogen-bond donors (Lipinski definition) is 3. The van der Waals surface area contributed by atoms with Crippen molar-refractivity contribution in [1.82, 2.24) is 4.98 Å². The van der Waals surface area contributed by atoms with E-state index in [-0.39, 0.29) is 11.5 Å². The molecule has 0 bridgehead atoms. The number of carbonyl (C=O) groups excluding carboxylic acids is 1. The Bertz CT molecular complexity index is 407. The van der Waals surface area contributed by atoms with E-state index < -0.39 is 5.97 Å². The van der Waals surface area contributed by atoms with Crippen LogP contribution in [0.2, 0.25) is 0 Å². The number of rotatable bonds is 6. The molecule has 0 fully saturated rings. The first kappa shape index (κ1) is 13.1. The number of carboxylic acids is 1. The zero-order valence-corrected chi connectivity index (χ0v) is 9.35. The number of pyridine rings is 1. The molecule has 0 saturated heterocycles. The molecule has 6 nitrogen and oxygen atoms in total. The fraction of sp³-hybridized carbons (Fsp3) is 0.364. The van der Waals surface area contributed by atoms with Crippen molar-refractivity contribution in [3.05, 3.63) is 24.0 Å². The van der Waals surface area contributed by atoms with Crippen LogP contribution in [-0.4, -0.2) is 28.5 Å². The molecule has 4 N–H and O–H groups in total. The third-order valence-electron chi connectivity index (χ3n) is 2.13. The molecule has 0 aliphatic heterocycles. The minimum Gasteiger partial charge on any atom is -0.478 e. The Balaban J connectivity index is 2.53. The maximum Gasteiger partial charge on any atom is 0.337 e. The second-order valence-corrected chi connectivity index (χ2v) is 3.56. The number of nitrogens with two attached hydrogens (primary N) is 1. The van der Waals surface area contributed by atoms with Crippen LogP contribution >= 0.6 is 0 Å². The molecule has 0 aromatic carbocycles. The highest BCUT2D eigenvalue weighted by atomic mass is 16.4. The van der Waals surface area contributed by atoms with Crippen molar-refractivity contribution in [1.29, 1.82) is 0 Å². The highest BCUT2D eigenvalue weighted by Crippen LogP contribution is 2.09. The van der Waals surface area contributed by atoms with Gasteiger partial charge in [0.25, 0.3) is 0 Å². The van der Waals surface area contributed by atoms with Crippen LogP contribution in [0.1, 0.15) is 29.6 Å². The molecule has 17 heavy (non-hydrogen) atoms. The topological polar surface area (TPSA) is 105 Å². The summed E-state index contributed by atoms with van der Waals surface area (Å²) >= 11 is 0. The van der Waals surface area contributed by atoms with Crippen molar-refractivity contribution < 1.29 is 14.7 Å². The molecule has 0 aliphatic rings. The van der Waals surface area contributed by atoms with Gasteiger partial charge in [0.1, 0.15) is 0 Å². The molecule has 1 amide bonds. The molecule has 1 rings (SSSR count). The van der Waals surface area contributed by atoms with Crippen LogP contribution in [0, 0.1) is 0 Å². The third kappa shape index (κ3) is 4.60. The van der Waals surface area contributed by atoms with Gasteiger partial charge in [0.15, 0.2) is 0 Å². The largest absolute Gasteiger partial charge is 0.478 e. The number of aromatic carboxylic acids is 1. The third-order valence-corrected chi connectivity index (χ3v) is 2.13. The Morgan fingerprint density at radius 2 is 2.12 bits per heavy atom. The molecule has 92 valence electrons. The Morgan fingerprint density at radius 1 is 1.35 bits per heavy atom. The summed E-state index contributed by atoms with van der Waals surface area (Å²) in [5.74, 6) is -1.24. The number of hydrogen-bond acceptors (Lipinski definition) is 4. The van der Waals surface area contributed by atoms with Crippen molar-refractivity contribution in [2.75, 3.05) is 11.9 Å². The van der Waals surface area contributed by atoms with Gasteiger partial charge in [-0.15, -0.1) is 0 Å². The predicted molar refractivity (Wildman–Crippen MR) is 62.7 cm³/mol. The van der Waals surface area contributed by atoms with E-state index in [4.69, 9.17) is 10.8 Å². The molecular formula is C11H15N3O3. The quantitative estimate of drug-likeness (QED) is 0.636. The minimum atomic E-state index is -1.07. The molecule has 1 aromatic heterocycles. The van der Waals surface area contributed by atoms with Gasteiger partial charge in [0.2, 0.25) is 5.91 Å². The number of amides is 1. The number of aromatic nitrogens is 1. The Morgan fingerprint density at radius 3 is 2.76 bits per heavy atom. The number of carboxylic acid groups (broad SMARTS) is 1. The Kier molecular flexibility index (Phi) is 5.09. The lowest BCUT2D eigenvalue weighted by atomic mass is 10.2. The summed E-state index contributed by atoms with van der Waals surface area (Å²) in [6.45, 7) is 0.559. The van der Waals surface area contributed by atoms with E-state index in [0.717, 1.165) is 6.42 Å². The SMILES string of the molecule is NCCCCC(=O)Nc1cncc(C(=O)O)c1. The normalized spacial score (nSPS) is 9.94. The van der Waals surface area contributed by atoms with Gasteiger partial charge in [-0.3, -0.25) is 9.78 Å². The molecule has 0 saturated carbocycles. The van der Waals surface area contributed by atoms with Crippen molar-refractivity contribution >= 4 is 17.6 Å². The summed E-state index contributed by atoms with van der Waals surface area (Å²) in [4.78, 5) is 25.9. The van der Waals surface area contributed by atoms with E-state index in [1.165, 1.54) is 18.5 Å². The molecule has 1 aromatic rings. The monoisotopic (exact) mass is 237 g/mol. The standard InChI is InChI=1S/C11H15N3O3/c12-4-2-1-3-10(15)14-9-5-8(11(16)17)6-13-7-9/h5-7H,1-4,12H2,(H,14,15)(H,16,17). The van der Waals surface area contributed by atoms with Crippen molar-refractivity contribution in [2.45, 2.75) is 19.3 Å². The van der Waals surface area contributed by atoms with E-state index in [0.29, 0.717) is 25.1 Å². The molecular weight excluding hydrogens is 222 g/mol. The smallest absolute Gasteiger partial charge is 0.337 e. The second-order valence-electron chi connectivity index (χ2n) is 3.56. The fourth-order valence-electron chi connectivity index (χ4n) is 1.28. The first-order chi connectivity index (χ1) is 8.13. The van der Waals surface area contributed by atoms with Gasteiger partial charge in [0, 0.05) is 12.6 Å². The fourth-order valence-corrected chi connectivity index (χ4v) is 1.28. The van der Waals surface area contributed by atoms with Crippen molar-refractivity contribution in [3.63, 3.8) is 0 Å². The van der Waals surface area contributed by atoms with Gasteiger partial charge in [-0.25, -0.2) is 4.79 Å². The first-order valence-electron chi connectivity index (χ1n) is 5.31. The highest BCUT2D eigenvalue weighted by Gasteiger charge is 2.06.